The van der Waals surface area contributed by atoms with Gasteiger partial charge in [0.2, 0.25) is 0 Å². The van der Waals surface area contributed by atoms with Crippen molar-refractivity contribution in [3.8, 4) is 0 Å². The van der Waals surface area contributed by atoms with Crippen LogP contribution < -0.4 is 9.60 Å². The second kappa shape index (κ2) is 5.19. The number of aromatic amines is 1. The highest BCUT2D eigenvalue weighted by Crippen LogP contribution is 2.15. The Bertz CT molecular complexity index is 731. The predicted molar refractivity (Wildman–Crippen MR) is 70.5 cm³/mol. The van der Waals surface area contributed by atoms with E-state index in [-0.39, 0.29) is 10.8 Å². The van der Waals surface area contributed by atoms with Gasteiger partial charge in [-0.15, -0.1) is 0 Å². The Kier molecular flexibility index (Phi) is 3.78. The molecule has 102 valence electrons. The number of thiazole rings is 1. The number of rotatable bonds is 4. The topological polar surface area (TPSA) is 105 Å². The second-order valence-corrected chi connectivity index (χ2v) is 6.85. The molecule has 0 spiro atoms. The second-order valence-electron chi connectivity index (χ2n) is 3.90. The number of aromatic nitrogens is 3. The van der Waals surface area contributed by atoms with Crippen LogP contribution in [0.25, 0.3) is 0 Å². The zero-order valence-corrected chi connectivity index (χ0v) is 11.9. The third-order valence-corrected chi connectivity index (χ3v) is 5.31. The lowest BCUT2D eigenvalue weighted by molar-refractivity contribution is 0.581. The minimum Gasteiger partial charge on any atom is -0.315 e. The van der Waals surface area contributed by atoms with Gasteiger partial charge in [0.1, 0.15) is 0 Å². The average molecular weight is 300 g/mol. The molecule has 0 atom stereocenters. The Morgan fingerprint density at radius 2 is 2.05 bits per heavy atom. The molecule has 0 saturated heterocycles. The minimum absolute atomic E-state index is 0.00225. The smallest absolute Gasteiger partial charge is 0.305 e. The average Bonchev–Trinajstić information content (AvgIpc) is 2.69. The predicted octanol–water partition coefficient (Wildman–Crippen LogP) is 0.322. The molecule has 0 radical (unpaired) electrons. The van der Waals surface area contributed by atoms with E-state index in [0.29, 0.717) is 22.7 Å². The minimum atomic E-state index is -3.71. The van der Waals surface area contributed by atoms with Crippen LogP contribution in [0.5, 0.6) is 0 Å². The normalized spacial score (nSPS) is 11.7. The van der Waals surface area contributed by atoms with Crippen molar-refractivity contribution in [2.75, 3.05) is 0 Å². The molecule has 0 aliphatic rings. The largest absolute Gasteiger partial charge is 0.315 e. The molecule has 2 rings (SSSR count). The molecule has 19 heavy (non-hydrogen) atoms. The van der Waals surface area contributed by atoms with Crippen LogP contribution in [0, 0.1) is 13.8 Å². The number of H-pyrrole nitrogens is 1. The summed E-state index contributed by atoms with van der Waals surface area (Å²) in [4.78, 5) is 21.2. The van der Waals surface area contributed by atoms with E-state index in [1.807, 2.05) is 0 Å². The van der Waals surface area contributed by atoms with Gasteiger partial charge < -0.3 is 4.98 Å². The van der Waals surface area contributed by atoms with Gasteiger partial charge in [0, 0.05) is 11.9 Å². The van der Waals surface area contributed by atoms with Gasteiger partial charge in [0.05, 0.1) is 24.1 Å². The number of nitrogens with one attached hydrogen (secondary N) is 2. The zero-order chi connectivity index (χ0) is 14.0. The molecule has 7 nitrogen and oxygen atoms in total. The molecule has 0 aliphatic carbocycles. The Hall–Kier alpha value is -1.58. The van der Waals surface area contributed by atoms with Crippen molar-refractivity contribution in [3.05, 3.63) is 39.1 Å². The molecule has 2 aromatic rings. The van der Waals surface area contributed by atoms with Crippen LogP contribution in [0.1, 0.15) is 17.1 Å². The lowest BCUT2D eigenvalue weighted by atomic mass is 10.4. The highest BCUT2D eigenvalue weighted by atomic mass is 32.2. The molecular formula is C10H12N4O3S2. The van der Waals surface area contributed by atoms with Gasteiger partial charge in [-0.2, -0.15) is 0 Å². The van der Waals surface area contributed by atoms with E-state index < -0.39 is 14.9 Å². The first-order valence-corrected chi connectivity index (χ1v) is 7.65. The lowest BCUT2D eigenvalue weighted by Crippen LogP contribution is -2.23. The molecule has 2 heterocycles. The summed E-state index contributed by atoms with van der Waals surface area (Å²) in [5.41, 5.74) is 1.60. The number of hydrogen-bond donors (Lipinski definition) is 2. The van der Waals surface area contributed by atoms with Crippen LogP contribution in [0.4, 0.5) is 0 Å². The number of sulfonamides is 1. The van der Waals surface area contributed by atoms with E-state index in [2.05, 4.69) is 19.7 Å². The number of hydrogen-bond acceptors (Lipinski definition) is 6. The molecule has 0 unspecified atom stereocenters. The van der Waals surface area contributed by atoms with E-state index in [4.69, 9.17) is 0 Å². The molecule has 0 aliphatic heterocycles. The van der Waals surface area contributed by atoms with Crippen molar-refractivity contribution in [1.29, 1.82) is 0 Å². The van der Waals surface area contributed by atoms with Gasteiger partial charge in [-0.3, -0.25) is 14.8 Å². The van der Waals surface area contributed by atoms with Gasteiger partial charge in [-0.05, 0) is 13.8 Å². The summed E-state index contributed by atoms with van der Waals surface area (Å²) in [6, 6.07) is 0. The van der Waals surface area contributed by atoms with Gasteiger partial charge in [-0.1, -0.05) is 11.3 Å². The third kappa shape index (κ3) is 3.25. The highest BCUT2D eigenvalue weighted by Gasteiger charge is 2.20. The van der Waals surface area contributed by atoms with Gasteiger partial charge in [0.15, 0.2) is 4.21 Å². The van der Waals surface area contributed by atoms with E-state index in [9.17, 15) is 13.2 Å². The Morgan fingerprint density at radius 3 is 2.58 bits per heavy atom. The van der Waals surface area contributed by atoms with Crippen molar-refractivity contribution >= 4 is 21.4 Å². The summed E-state index contributed by atoms with van der Waals surface area (Å²) in [6.07, 6.45) is 3.06. The SMILES string of the molecule is Cc1cnc(CNS(=O)(=O)c2sc(=O)[nH]c2C)cn1. The molecule has 2 N–H and O–H groups in total. The molecule has 0 amide bonds. The Labute approximate surface area is 113 Å². The fraction of sp³-hybridized carbons (Fsp3) is 0.300. The maximum atomic E-state index is 12.0. The summed E-state index contributed by atoms with van der Waals surface area (Å²) >= 11 is 0.661. The molecular weight excluding hydrogens is 288 g/mol. The van der Waals surface area contributed by atoms with Crippen LogP contribution in [0.2, 0.25) is 0 Å². The maximum Gasteiger partial charge on any atom is 0.305 e. The fourth-order valence-corrected chi connectivity index (χ4v) is 3.73. The maximum absolute atomic E-state index is 12.0. The number of aryl methyl sites for hydroxylation is 2. The first-order chi connectivity index (χ1) is 8.88. The van der Waals surface area contributed by atoms with E-state index >= 15 is 0 Å². The van der Waals surface area contributed by atoms with E-state index in [1.165, 1.54) is 13.1 Å². The Morgan fingerprint density at radius 1 is 1.32 bits per heavy atom. The van der Waals surface area contributed by atoms with Crippen molar-refractivity contribution < 1.29 is 8.42 Å². The third-order valence-electron chi connectivity index (χ3n) is 2.30. The summed E-state index contributed by atoms with van der Waals surface area (Å²) < 4.78 is 26.4. The summed E-state index contributed by atoms with van der Waals surface area (Å²) in [5, 5.41) is 0. The van der Waals surface area contributed by atoms with Crippen molar-refractivity contribution in [3.63, 3.8) is 0 Å². The first-order valence-electron chi connectivity index (χ1n) is 5.35. The summed E-state index contributed by atoms with van der Waals surface area (Å²) in [5.74, 6) is 0. The first kappa shape index (κ1) is 13.8. The van der Waals surface area contributed by atoms with Crippen LogP contribution in [0.15, 0.2) is 21.4 Å². The van der Waals surface area contributed by atoms with Crippen LogP contribution in [-0.2, 0) is 16.6 Å². The van der Waals surface area contributed by atoms with Crippen LogP contribution in [-0.4, -0.2) is 23.4 Å². The van der Waals surface area contributed by atoms with Crippen molar-refractivity contribution in [2.24, 2.45) is 0 Å². The molecule has 0 saturated carbocycles. The number of nitrogens with zero attached hydrogens (tertiary/aromatic N) is 2. The molecule has 2 aromatic heterocycles. The van der Waals surface area contributed by atoms with Gasteiger partial charge >= 0.3 is 4.87 Å². The van der Waals surface area contributed by atoms with E-state index in [1.54, 1.807) is 13.1 Å². The molecule has 0 aromatic carbocycles. The van der Waals surface area contributed by atoms with E-state index in [0.717, 1.165) is 5.69 Å². The summed E-state index contributed by atoms with van der Waals surface area (Å²) in [7, 11) is -3.71. The highest BCUT2D eigenvalue weighted by molar-refractivity contribution is 7.91. The van der Waals surface area contributed by atoms with Gasteiger partial charge in [-0.25, -0.2) is 13.1 Å². The molecule has 9 heteroatoms. The van der Waals surface area contributed by atoms with Gasteiger partial charge in [0.25, 0.3) is 10.0 Å². The quantitative estimate of drug-likeness (QED) is 0.846. The molecule has 0 fully saturated rings. The standard InChI is InChI=1S/C10H12N4O3S2/c1-6-3-12-8(4-11-6)5-13-19(16,17)9-7(2)14-10(15)18-9/h3-4,13H,5H2,1-2H3,(H,14,15). The van der Waals surface area contributed by atoms with Crippen LogP contribution >= 0.6 is 11.3 Å². The molecule has 0 bridgehead atoms. The monoisotopic (exact) mass is 300 g/mol. The lowest BCUT2D eigenvalue weighted by Gasteiger charge is -2.04. The van der Waals surface area contributed by atoms with Crippen molar-refractivity contribution in [2.45, 2.75) is 24.6 Å². The summed E-state index contributed by atoms with van der Waals surface area (Å²) in [6.45, 7) is 3.36. The Balaban J connectivity index is 2.16. The zero-order valence-electron chi connectivity index (χ0n) is 10.3. The van der Waals surface area contributed by atoms with Crippen molar-refractivity contribution in [1.82, 2.24) is 19.7 Å². The fourth-order valence-electron chi connectivity index (χ4n) is 1.39. The van der Waals surface area contributed by atoms with Crippen LogP contribution in [0.3, 0.4) is 0 Å².